The zero-order valence-electron chi connectivity index (χ0n) is 34.8. The molecule has 1 heterocycles. The van der Waals surface area contributed by atoms with Gasteiger partial charge in [0.1, 0.15) is 28.7 Å². The maximum Gasteiger partial charge on any atom is 0.335 e. The van der Waals surface area contributed by atoms with Crippen molar-refractivity contribution in [3.05, 3.63) is 53.1 Å². The number of sulfonamides is 1. The molecule has 1 aromatic heterocycles. The zero-order chi connectivity index (χ0) is 45.4. The largest absolute Gasteiger partial charge is 0.478 e. The summed E-state index contributed by atoms with van der Waals surface area (Å²) in [6.07, 6.45) is 9.26. The molecule has 0 bridgehead atoms. The van der Waals surface area contributed by atoms with Gasteiger partial charge in [-0.15, -0.1) is 0 Å². The molecule has 1 aliphatic carbocycles. The van der Waals surface area contributed by atoms with Crippen LogP contribution in [0.3, 0.4) is 0 Å². The third-order valence-corrected chi connectivity index (χ3v) is 12.1. The first-order chi connectivity index (χ1) is 28.8. The van der Waals surface area contributed by atoms with Gasteiger partial charge in [-0.2, -0.15) is 0 Å². The highest BCUT2D eigenvalue weighted by atomic mass is 35.5. The quantitative estimate of drug-likeness (QED) is 0.0835. The molecule has 0 unspecified atom stereocenters. The van der Waals surface area contributed by atoms with E-state index in [9.17, 15) is 51.9 Å². The number of rotatable bonds is 22. The number of halogens is 1. The Morgan fingerprint density at radius 3 is 2.08 bits per heavy atom. The number of nitrogens with zero attached hydrogens (tertiary/aromatic N) is 2. The fourth-order valence-corrected chi connectivity index (χ4v) is 8.18. The minimum Gasteiger partial charge on any atom is -0.478 e. The zero-order valence-corrected chi connectivity index (χ0v) is 36.4. The molecule has 7 N–H and O–H groups in total. The van der Waals surface area contributed by atoms with Gasteiger partial charge in [-0.25, -0.2) is 22.9 Å². The third kappa shape index (κ3) is 15.2. The minimum atomic E-state index is -4.70. The first-order valence-electron chi connectivity index (χ1n) is 20.2. The Hall–Kier alpha value is -5.50. The summed E-state index contributed by atoms with van der Waals surface area (Å²) in [7, 11) is -4.70. The van der Waals surface area contributed by atoms with Gasteiger partial charge in [-0.1, -0.05) is 84.7 Å². The van der Waals surface area contributed by atoms with Crippen molar-refractivity contribution in [3.63, 3.8) is 0 Å². The molecule has 2 aromatic rings. The standard InChI is InChI=1S/C40H55ClN8O11S/c1-6-23(5)33(48-36(53)28(17-22(3)4)46-37(54)30-20-42-15-16-43-30)38(55)47-29(18-24-11-9-8-10-12-24)35(52)45-27(7-2)34(51)39(56)44-21-32(50)49-61(59,60)31-19-25(40(57)58)13-14-26(31)41/h13-16,19-20,22-24,27-29,33H,6-12,17-18,21H2,1-5H3,(H,44,56)(H,45,52)(H,46,54)(H,47,55)(H,48,53)(H,49,50)(H,57,58)/t23-,27-,28-,29-,33-/m0/s1. The van der Waals surface area contributed by atoms with Crippen LogP contribution in [0.5, 0.6) is 0 Å². The van der Waals surface area contributed by atoms with Gasteiger partial charge in [0.2, 0.25) is 23.5 Å². The molecule has 61 heavy (non-hydrogen) atoms. The number of nitrogens with one attached hydrogen (secondary N) is 6. The fourth-order valence-electron chi connectivity index (χ4n) is 6.67. The van der Waals surface area contributed by atoms with Crippen molar-refractivity contribution >= 4 is 68.8 Å². The van der Waals surface area contributed by atoms with E-state index in [1.54, 1.807) is 11.6 Å². The smallest absolute Gasteiger partial charge is 0.335 e. The van der Waals surface area contributed by atoms with Crippen molar-refractivity contribution in [2.45, 2.75) is 121 Å². The number of ketones is 1. The molecule has 21 heteroatoms. The first-order valence-corrected chi connectivity index (χ1v) is 22.0. The number of aromatic carboxylic acids is 1. The molecule has 1 fully saturated rings. The van der Waals surface area contributed by atoms with E-state index in [1.165, 1.54) is 25.5 Å². The SMILES string of the molecule is CC[C@H](NC(=O)[C@H](CC1CCCCC1)NC(=O)[C@@H](NC(=O)[C@H](CC(C)C)NC(=O)c1cnccn1)[C@@H](C)CC)C(=O)C(=O)NCC(=O)NS(=O)(=O)c1cc(C(=O)O)ccc1Cl. The normalized spacial score (nSPS) is 15.5. The molecule has 1 aliphatic rings. The number of hydrogen-bond acceptors (Lipinski definition) is 12. The number of carbonyl (C=O) groups is 8. The number of carboxylic acid groups (broad SMARTS) is 1. The second-order valence-electron chi connectivity index (χ2n) is 15.4. The van der Waals surface area contributed by atoms with E-state index in [4.69, 9.17) is 11.6 Å². The van der Waals surface area contributed by atoms with E-state index >= 15 is 0 Å². The van der Waals surface area contributed by atoms with Crippen molar-refractivity contribution in [2.24, 2.45) is 17.8 Å². The fraction of sp³-hybridized carbons (Fsp3) is 0.550. The topological polar surface area (TPSA) is 289 Å². The van der Waals surface area contributed by atoms with Gasteiger partial charge < -0.3 is 31.7 Å². The Morgan fingerprint density at radius 2 is 1.49 bits per heavy atom. The molecule has 6 amide bonds. The van der Waals surface area contributed by atoms with Crippen LogP contribution >= 0.6 is 11.6 Å². The van der Waals surface area contributed by atoms with Crippen LogP contribution in [0, 0.1) is 17.8 Å². The van der Waals surface area contributed by atoms with Gasteiger partial charge in [-0.3, -0.25) is 38.5 Å². The van der Waals surface area contributed by atoms with Crippen LogP contribution in [0.1, 0.15) is 113 Å². The lowest BCUT2D eigenvalue weighted by Crippen LogP contribution is -2.60. The second kappa shape index (κ2) is 23.5. The van der Waals surface area contributed by atoms with E-state index in [0.29, 0.717) is 6.42 Å². The molecule has 0 spiro atoms. The molecule has 0 saturated heterocycles. The summed E-state index contributed by atoms with van der Waals surface area (Å²) in [5.74, 6) is -8.29. The molecule has 1 saturated carbocycles. The van der Waals surface area contributed by atoms with Gasteiger partial charge in [-0.05, 0) is 55.2 Å². The summed E-state index contributed by atoms with van der Waals surface area (Å²) in [5.41, 5.74) is -0.415. The molecule has 1 aromatic carbocycles. The van der Waals surface area contributed by atoms with Crippen LogP contribution in [0.25, 0.3) is 0 Å². The Kier molecular flexibility index (Phi) is 19.2. The highest BCUT2D eigenvalue weighted by molar-refractivity contribution is 7.90. The second-order valence-corrected chi connectivity index (χ2v) is 17.5. The number of amides is 6. The van der Waals surface area contributed by atoms with Crippen LogP contribution in [-0.2, 0) is 38.8 Å². The van der Waals surface area contributed by atoms with Gasteiger partial charge in [0.15, 0.2) is 0 Å². The van der Waals surface area contributed by atoms with Crippen molar-refractivity contribution in [2.75, 3.05) is 6.54 Å². The summed E-state index contributed by atoms with van der Waals surface area (Å²) < 4.78 is 27.2. The molecule has 5 atom stereocenters. The minimum absolute atomic E-state index is 0.00250. The lowest BCUT2D eigenvalue weighted by molar-refractivity contribution is -0.141. The molecular formula is C40H55ClN8O11S. The number of Topliss-reactive ketones (excluding diaryl/α,β-unsaturated/α-hetero) is 1. The summed E-state index contributed by atoms with van der Waals surface area (Å²) in [6.45, 7) is 7.84. The van der Waals surface area contributed by atoms with Crippen molar-refractivity contribution in [1.29, 1.82) is 0 Å². The molecule has 3 rings (SSSR count). The van der Waals surface area contributed by atoms with E-state index in [0.717, 1.165) is 50.3 Å². The summed E-state index contributed by atoms with van der Waals surface area (Å²) >= 11 is 5.92. The predicted octanol–water partition coefficient (Wildman–Crippen LogP) is 2.04. The van der Waals surface area contributed by atoms with Gasteiger partial charge in [0.25, 0.3) is 27.7 Å². The average molecular weight is 891 g/mol. The monoisotopic (exact) mass is 890 g/mol. The van der Waals surface area contributed by atoms with Crippen molar-refractivity contribution in [1.82, 2.24) is 41.3 Å². The van der Waals surface area contributed by atoms with Crippen LogP contribution in [0.15, 0.2) is 41.7 Å². The summed E-state index contributed by atoms with van der Waals surface area (Å²) in [6, 6.07) is -1.94. The maximum atomic E-state index is 14.1. The Morgan fingerprint density at radius 1 is 0.836 bits per heavy atom. The number of carbonyl (C=O) groups excluding carboxylic acids is 7. The van der Waals surface area contributed by atoms with E-state index in [2.05, 4.69) is 31.2 Å². The van der Waals surface area contributed by atoms with E-state index in [1.807, 2.05) is 26.1 Å². The number of hydrogen-bond donors (Lipinski definition) is 7. The van der Waals surface area contributed by atoms with Crippen LogP contribution in [0.2, 0.25) is 5.02 Å². The van der Waals surface area contributed by atoms with Gasteiger partial charge in [0.05, 0.1) is 29.4 Å². The van der Waals surface area contributed by atoms with Crippen molar-refractivity contribution in [3.8, 4) is 0 Å². The molecular weight excluding hydrogens is 836 g/mol. The van der Waals surface area contributed by atoms with E-state index < -0.39 is 104 Å². The lowest BCUT2D eigenvalue weighted by Gasteiger charge is -2.31. The van der Waals surface area contributed by atoms with Crippen LogP contribution in [0.4, 0.5) is 0 Å². The molecule has 334 valence electrons. The number of benzene rings is 1. The third-order valence-electron chi connectivity index (χ3n) is 10.2. The van der Waals surface area contributed by atoms with Crippen LogP contribution in [-0.4, -0.2) is 101 Å². The first kappa shape index (κ1) is 49.9. The van der Waals surface area contributed by atoms with Crippen molar-refractivity contribution < 1.29 is 51.9 Å². The average Bonchev–Trinajstić information content (AvgIpc) is 3.22. The van der Waals surface area contributed by atoms with E-state index in [-0.39, 0.29) is 41.8 Å². The predicted molar refractivity (Wildman–Crippen MR) is 221 cm³/mol. The molecule has 19 nitrogen and oxygen atoms in total. The van der Waals surface area contributed by atoms with Crippen LogP contribution < -0.4 is 31.3 Å². The van der Waals surface area contributed by atoms with Gasteiger partial charge >= 0.3 is 5.97 Å². The highest BCUT2D eigenvalue weighted by Gasteiger charge is 2.36. The summed E-state index contributed by atoms with van der Waals surface area (Å²) in [5, 5.41) is 21.6. The Labute approximate surface area is 359 Å². The number of aromatic nitrogens is 2. The maximum absolute atomic E-state index is 14.1. The molecule has 0 radical (unpaired) electrons. The highest BCUT2D eigenvalue weighted by Crippen LogP contribution is 2.28. The van der Waals surface area contributed by atoms with Gasteiger partial charge in [0, 0.05) is 12.4 Å². The lowest BCUT2D eigenvalue weighted by atomic mass is 9.84. The Bertz CT molecular complexity index is 2030. The summed E-state index contributed by atoms with van der Waals surface area (Å²) in [4.78, 5) is 112. The molecule has 0 aliphatic heterocycles. The Balaban J connectivity index is 1.74. The number of carboxylic acids is 1.